The van der Waals surface area contributed by atoms with Crippen LogP contribution in [0.5, 0.6) is 0 Å². The predicted octanol–water partition coefficient (Wildman–Crippen LogP) is 2.47. The van der Waals surface area contributed by atoms with E-state index in [0.29, 0.717) is 6.07 Å². The van der Waals surface area contributed by atoms with Gasteiger partial charge < -0.3 is 0 Å². The lowest BCUT2D eigenvalue weighted by molar-refractivity contribution is -0.137. The van der Waals surface area contributed by atoms with Gasteiger partial charge in [0.15, 0.2) is 0 Å². The zero-order valence-corrected chi connectivity index (χ0v) is 7.93. The van der Waals surface area contributed by atoms with Crippen LogP contribution in [0.4, 0.5) is 22.0 Å². The first-order valence-electron chi connectivity index (χ1n) is 4.27. The molecule has 0 saturated carbocycles. The molecule has 1 aromatic carbocycles. The molecule has 0 saturated heterocycles. The van der Waals surface area contributed by atoms with Gasteiger partial charge in [-0.3, -0.25) is 5.84 Å². The van der Waals surface area contributed by atoms with E-state index in [-0.39, 0.29) is 5.56 Å². The van der Waals surface area contributed by atoms with E-state index in [2.05, 4.69) is 0 Å². The minimum atomic E-state index is -4.56. The molecule has 0 bridgehead atoms. The van der Waals surface area contributed by atoms with Crippen LogP contribution in [0.25, 0.3) is 0 Å². The van der Waals surface area contributed by atoms with E-state index < -0.39 is 24.2 Å². The fourth-order valence-electron chi connectivity index (χ4n) is 1.22. The zero-order valence-electron chi connectivity index (χ0n) is 7.93. The number of hydrogen-bond acceptors (Lipinski definition) is 2. The monoisotopic (exact) mass is 240 g/mol. The molecule has 0 amide bonds. The molecule has 1 rings (SSSR count). The molecule has 0 aliphatic carbocycles. The summed E-state index contributed by atoms with van der Waals surface area (Å²) in [5.74, 6) is 4.85. The Morgan fingerprint density at radius 2 is 1.81 bits per heavy atom. The molecule has 90 valence electrons. The lowest BCUT2D eigenvalue weighted by atomic mass is 10.0. The molecular formula is C9H9F5N2. The molecule has 1 unspecified atom stereocenters. The van der Waals surface area contributed by atoms with E-state index >= 15 is 0 Å². The standard InChI is InChI=1S/C9H9F5N2/c10-8(11)7(16-15)5-2-1-3-6(4-5)9(12,13)14/h1-4,7-8,16H,15H2. The number of halogens is 5. The topological polar surface area (TPSA) is 38.0 Å². The SMILES string of the molecule is NNC(c1cccc(C(F)(F)F)c1)C(F)F. The molecule has 0 aliphatic heterocycles. The van der Waals surface area contributed by atoms with Gasteiger partial charge in [0.25, 0.3) is 6.43 Å². The highest BCUT2D eigenvalue weighted by atomic mass is 19.4. The van der Waals surface area contributed by atoms with Gasteiger partial charge in [0.05, 0.1) is 5.56 Å². The highest BCUT2D eigenvalue weighted by Gasteiger charge is 2.31. The number of nitrogens with two attached hydrogens (primary N) is 1. The zero-order chi connectivity index (χ0) is 12.3. The van der Waals surface area contributed by atoms with Gasteiger partial charge in [0.2, 0.25) is 0 Å². The van der Waals surface area contributed by atoms with Crippen LogP contribution < -0.4 is 11.3 Å². The predicted molar refractivity (Wildman–Crippen MR) is 47.5 cm³/mol. The summed E-state index contributed by atoms with van der Waals surface area (Å²) in [5.41, 5.74) is 0.597. The van der Waals surface area contributed by atoms with Crippen LogP contribution in [0.15, 0.2) is 24.3 Å². The van der Waals surface area contributed by atoms with Crippen LogP contribution >= 0.6 is 0 Å². The van der Waals surface area contributed by atoms with E-state index in [0.717, 1.165) is 18.2 Å². The average molecular weight is 240 g/mol. The summed E-state index contributed by atoms with van der Waals surface area (Å²) in [4.78, 5) is 0. The Bertz CT molecular complexity index is 350. The largest absolute Gasteiger partial charge is 0.416 e. The quantitative estimate of drug-likeness (QED) is 0.484. The molecule has 2 nitrogen and oxygen atoms in total. The summed E-state index contributed by atoms with van der Waals surface area (Å²) in [6.07, 6.45) is -7.44. The second kappa shape index (κ2) is 4.75. The van der Waals surface area contributed by atoms with Gasteiger partial charge in [0.1, 0.15) is 6.04 Å². The van der Waals surface area contributed by atoms with Gasteiger partial charge in [-0.1, -0.05) is 12.1 Å². The molecule has 0 radical (unpaired) electrons. The van der Waals surface area contributed by atoms with Crippen LogP contribution in [0.1, 0.15) is 17.2 Å². The van der Waals surface area contributed by atoms with Crippen LogP contribution in [-0.2, 0) is 6.18 Å². The van der Waals surface area contributed by atoms with Crippen molar-refractivity contribution in [1.29, 1.82) is 0 Å². The van der Waals surface area contributed by atoms with Gasteiger partial charge >= 0.3 is 6.18 Å². The van der Waals surface area contributed by atoms with E-state index in [1.54, 1.807) is 5.43 Å². The molecule has 1 aromatic rings. The highest BCUT2D eigenvalue weighted by molar-refractivity contribution is 5.28. The van der Waals surface area contributed by atoms with Gasteiger partial charge in [-0.05, 0) is 17.7 Å². The maximum atomic E-state index is 12.4. The average Bonchev–Trinajstić information content (AvgIpc) is 2.17. The first-order chi connectivity index (χ1) is 7.36. The number of hydrazine groups is 1. The summed E-state index contributed by atoms with van der Waals surface area (Å²) >= 11 is 0. The van der Waals surface area contributed by atoms with Crippen molar-refractivity contribution in [2.75, 3.05) is 0 Å². The van der Waals surface area contributed by atoms with Crippen LogP contribution in [0, 0.1) is 0 Å². The molecule has 0 spiro atoms. The molecule has 7 heteroatoms. The van der Waals surface area contributed by atoms with Crippen molar-refractivity contribution in [3.63, 3.8) is 0 Å². The molecular weight excluding hydrogens is 231 g/mol. The Morgan fingerprint density at radius 1 is 1.19 bits per heavy atom. The highest BCUT2D eigenvalue weighted by Crippen LogP contribution is 2.31. The normalized spacial score (nSPS) is 14.2. The maximum absolute atomic E-state index is 12.4. The number of nitrogens with one attached hydrogen (secondary N) is 1. The van der Waals surface area contributed by atoms with Gasteiger partial charge in [0, 0.05) is 0 Å². The van der Waals surface area contributed by atoms with Crippen molar-refractivity contribution in [3.05, 3.63) is 35.4 Å². The third-order valence-electron chi connectivity index (χ3n) is 2.00. The number of hydrogen-bond donors (Lipinski definition) is 2. The van der Waals surface area contributed by atoms with Crippen molar-refractivity contribution >= 4 is 0 Å². The first kappa shape index (κ1) is 12.9. The third-order valence-corrected chi connectivity index (χ3v) is 2.00. The van der Waals surface area contributed by atoms with E-state index in [1.807, 2.05) is 0 Å². The third kappa shape index (κ3) is 2.89. The summed E-state index contributed by atoms with van der Waals surface area (Å²) in [7, 11) is 0. The van der Waals surface area contributed by atoms with Crippen molar-refractivity contribution in [1.82, 2.24) is 5.43 Å². The summed E-state index contributed by atoms with van der Waals surface area (Å²) in [5, 5.41) is 0. The first-order valence-corrected chi connectivity index (χ1v) is 4.27. The minimum Gasteiger partial charge on any atom is -0.271 e. The van der Waals surface area contributed by atoms with Crippen molar-refractivity contribution < 1.29 is 22.0 Å². The maximum Gasteiger partial charge on any atom is 0.416 e. The van der Waals surface area contributed by atoms with E-state index in [9.17, 15) is 22.0 Å². The molecule has 0 aliphatic rings. The fraction of sp³-hybridized carbons (Fsp3) is 0.333. The summed E-state index contributed by atoms with van der Waals surface area (Å²) < 4.78 is 61.7. The van der Waals surface area contributed by atoms with Crippen LogP contribution in [0.2, 0.25) is 0 Å². The Kier molecular flexibility index (Phi) is 3.82. The second-order valence-corrected chi connectivity index (χ2v) is 3.10. The summed E-state index contributed by atoms with van der Waals surface area (Å²) in [6.45, 7) is 0. The molecule has 0 aromatic heterocycles. The molecule has 0 fully saturated rings. The van der Waals surface area contributed by atoms with Crippen molar-refractivity contribution in [2.24, 2.45) is 5.84 Å². The van der Waals surface area contributed by atoms with Crippen molar-refractivity contribution in [2.45, 2.75) is 18.6 Å². The molecule has 16 heavy (non-hydrogen) atoms. The van der Waals surface area contributed by atoms with Gasteiger partial charge in [-0.2, -0.15) is 13.2 Å². The lowest BCUT2D eigenvalue weighted by Gasteiger charge is -2.16. The van der Waals surface area contributed by atoms with E-state index in [1.165, 1.54) is 0 Å². The molecule has 1 atom stereocenters. The Morgan fingerprint density at radius 3 is 2.25 bits per heavy atom. The molecule has 0 heterocycles. The molecule has 3 N–H and O–H groups in total. The number of rotatable bonds is 3. The Balaban J connectivity index is 3.07. The van der Waals surface area contributed by atoms with Gasteiger partial charge in [-0.25, -0.2) is 14.2 Å². The van der Waals surface area contributed by atoms with Crippen molar-refractivity contribution in [3.8, 4) is 0 Å². The van der Waals surface area contributed by atoms with Gasteiger partial charge in [-0.15, -0.1) is 0 Å². The van der Waals surface area contributed by atoms with Crippen LogP contribution in [-0.4, -0.2) is 6.43 Å². The Hall–Kier alpha value is -1.21. The minimum absolute atomic E-state index is 0.202. The van der Waals surface area contributed by atoms with Crippen LogP contribution in [0.3, 0.4) is 0 Å². The summed E-state index contributed by atoms with van der Waals surface area (Å²) in [6, 6.07) is 2.07. The number of alkyl halides is 5. The van der Waals surface area contributed by atoms with E-state index in [4.69, 9.17) is 5.84 Å². The fourth-order valence-corrected chi connectivity index (χ4v) is 1.22. The smallest absolute Gasteiger partial charge is 0.271 e. The number of benzene rings is 1. The second-order valence-electron chi connectivity index (χ2n) is 3.10. The Labute approximate surface area is 88.2 Å². The lowest BCUT2D eigenvalue weighted by Crippen LogP contribution is -2.33.